The van der Waals surface area contributed by atoms with Gasteiger partial charge in [0.25, 0.3) is 0 Å². The standard InChI is InChI=1S/C13H18BrNO3/c1-8-10(14)5-6-12(15-8)18-7-9-3-2-4-11(16)13(9)17/h5-6,9,11,13,16-17H,2-4,7H2,1H3/t9-,11+,13-/m1/s1. The molecular weight excluding hydrogens is 298 g/mol. The van der Waals surface area contributed by atoms with E-state index in [-0.39, 0.29) is 5.92 Å². The number of pyridine rings is 1. The summed E-state index contributed by atoms with van der Waals surface area (Å²) in [5, 5.41) is 19.5. The second-order valence-corrected chi connectivity index (χ2v) is 5.63. The zero-order chi connectivity index (χ0) is 13.1. The minimum absolute atomic E-state index is 0.0143. The van der Waals surface area contributed by atoms with Crippen LogP contribution in [0.1, 0.15) is 25.0 Å². The van der Waals surface area contributed by atoms with Gasteiger partial charge < -0.3 is 14.9 Å². The molecule has 2 N–H and O–H groups in total. The van der Waals surface area contributed by atoms with Gasteiger partial charge in [0, 0.05) is 16.5 Å². The lowest BCUT2D eigenvalue weighted by Gasteiger charge is -2.31. The molecule has 0 bridgehead atoms. The number of aliphatic hydroxyl groups excluding tert-OH is 2. The third-order valence-electron chi connectivity index (χ3n) is 3.39. The third kappa shape index (κ3) is 3.22. The fourth-order valence-electron chi connectivity index (χ4n) is 2.22. The summed E-state index contributed by atoms with van der Waals surface area (Å²) in [5.41, 5.74) is 0.872. The highest BCUT2D eigenvalue weighted by Crippen LogP contribution is 2.26. The number of aliphatic hydroxyl groups is 2. The van der Waals surface area contributed by atoms with Gasteiger partial charge in [-0.1, -0.05) is 6.42 Å². The van der Waals surface area contributed by atoms with Crippen LogP contribution in [0.15, 0.2) is 16.6 Å². The van der Waals surface area contributed by atoms with Gasteiger partial charge in [-0.25, -0.2) is 4.98 Å². The van der Waals surface area contributed by atoms with Gasteiger partial charge in [0.2, 0.25) is 5.88 Å². The Balaban J connectivity index is 1.92. The largest absolute Gasteiger partial charge is 0.477 e. The molecule has 5 heteroatoms. The molecule has 0 aliphatic heterocycles. The zero-order valence-corrected chi connectivity index (χ0v) is 11.9. The van der Waals surface area contributed by atoms with Crippen LogP contribution in [0, 0.1) is 12.8 Å². The summed E-state index contributed by atoms with van der Waals surface area (Å²) in [6.45, 7) is 2.29. The molecule has 0 aromatic carbocycles. The monoisotopic (exact) mass is 315 g/mol. The van der Waals surface area contributed by atoms with Gasteiger partial charge in [-0.05, 0) is 41.8 Å². The molecule has 1 saturated carbocycles. The van der Waals surface area contributed by atoms with Crippen LogP contribution in [-0.2, 0) is 0 Å². The first kappa shape index (κ1) is 13.8. The van der Waals surface area contributed by atoms with E-state index in [0.717, 1.165) is 23.0 Å². The molecule has 1 aliphatic rings. The van der Waals surface area contributed by atoms with E-state index in [1.165, 1.54) is 0 Å². The maximum absolute atomic E-state index is 9.86. The topological polar surface area (TPSA) is 62.6 Å². The van der Waals surface area contributed by atoms with Gasteiger partial charge in [0.15, 0.2) is 0 Å². The second kappa shape index (κ2) is 5.99. The molecule has 1 aliphatic carbocycles. The molecule has 1 aromatic rings. The Morgan fingerprint density at radius 3 is 2.89 bits per heavy atom. The molecule has 2 rings (SSSR count). The maximum atomic E-state index is 9.86. The fourth-order valence-corrected chi connectivity index (χ4v) is 2.44. The van der Waals surface area contributed by atoms with Crippen molar-refractivity contribution in [3.05, 3.63) is 22.3 Å². The lowest BCUT2D eigenvalue weighted by molar-refractivity contribution is -0.0560. The van der Waals surface area contributed by atoms with Gasteiger partial charge in [-0.15, -0.1) is 0 Å². The molecule has 100 valence electrons. The van der Waals surface area contributed by atoms with Crippen molar-refractivity contribution < 1.29 is 14.9 Å². The second-order valence-electron chi connectivity index (χ2n) is 4.78. The normalized spacial score (nSPS) is 28.1. The number of rotatable bonds is 3. The van der Waals surface area contributed by atoms with E-state index in [0.29, 0.717) is 18.9 Å². The number of aromatic nitrogens is 1. The Morgan fingerprint density at radius 1 is 1.39 bits per heavy atom. The predicted octanol–water partition coefficient (Wildman–Crippen LogP) is 2.05. The van der Waals surface area contributed by atoms with Crippen molar-refractivity contribution in [2.45, 2.75) is 38.4 Å². The smallest absolute Gasteiger partial charge is 0.213 e. The summed E-state index contributed by atoms with van der Waals surface area (Å²) in [6.07, 6.45) is 1.18. The van der Waals surface area contributed by atoms with Crippen molar-refractivity contribution in [3.63, 3.8) is 0 Å². The van der Waals surface area contributed by atoms with Gasteiger partial charge in [-0.2, -0.15) is 0 Å². The van der Waals surface area contributed by atoms with Crippen LogP contribution in [0.3, 0.4) is 0 Å². The molecule has 4 nitrogen and oxygen atoms in total. The molecule has 1 aromatic heterocycles. The average Bonchev–Trinajstić information content (AvgIpc) is 2.35. The number of ether oxygens (including phenoxy) is 1. The molecule has 3 atom stereocenters. The molecule has 0 spiro atoms. The molecule has 0 radical (unpaired) electrons. The number of hydrogen-bond donors (Lipinski definition) is 2. The minimum atomic E-state index is -0.685. The molecule has 1 fully saturated rings. The highest BCUT2D eigenvalue weighted by Gasteiger charge is 2.30. The van der Waals surface area contributed by atoms with E-state index < -0.39 is 12.2 Å². The Bertz CT molecular complexity index is 413. The summed E-state index contributed by atoms with van der Waals surface area (Å²) in [5.74, 6) is 0.544. The SMILES string of the molecule is Cc1nc(OC[C@H]2CCC[C@H](O)[C@@H]2O)ccc1Br. The van der Waals surface area contributed by atoms with Crippen molar-refractivity contribution >= 4 is 15.9 Å². The molecule has 18 heavy (non-hydrogen) atoms. The van der Waals surface area contributed by atoms with Crippen molar-refractivity contribution in [2.75, 3.05) is 6.61 Å². The van der Waals surface area contributed by atoms with Gasteiger partial charge >= 0.3 is 0 Å². The first-order valence-electron chi connectivity index (χ1n) is 6.20. The van der Waals surface area contributed by atoms with Gasteiger partial charge in [0.05, 0.1) is 24.5 Å². The Labute approximate surface area is 115 Å². The summed E-state index contributed by atoms with van der Waals surface area (Å²) < 4.78 is 6.54. The molecular formula is C13H18BrNO3. The first-order chi connectivity index (χ1) is 8.58. The van der Waals surface area contributed by atoms with E-state index >= 15 is 0 Å². The van der Waals surface area contributed by atoms with Crippen molar-refractivity contribution in [2.24, 2.45) is 5.92 Å². The van der Waals surface area contributed by atoms with Crippen LogP contribution in [0.4, 0.5) is 0 Å². The van der Waals surface area contributed by atoms with Crippen LogP contribution < -0.4 is 4.74 Å². The summed E-state index contributed by atoms with van der Waals surface area (Å²) in [7, 11) is 0. The summed E-state index contributed by atoms with van der Waals surface area (Å²) in [4.78, 5) is 4.29. The quantitative estimate of drug-likeness (QED) is 0.896. The highest BCUT2D eigenvalue weighted by atomic mass is 79.9. The van der Waals surface area contributed by atoms with Crippen LogP contribution in [0.25, 0.3) is 0 Å². The van der Waals surface area contributed by atoms with E-state index in [4.69, 9.17) is 4.74 Å². The molecule has 0 amide bonds. The zero-order valence-electron chi connectivity index (χ0n) is 10.3. The lowest BCUT2D eigenvalue weighted by atomic mass is 9.85. The lowest BCUT2D eigenvalue weighted by Crippen LogP contribution is -2.40. The predicted molar refractivity (Wildman–Crippen MR) is 71.5 cm³/mol. The highest BCUT2D eigenvalue weighted by molar-refractivity contribution is 9.10. The minimum Gasteiger partial charge on any atom is -0.477 e. The number of hydrogen-bond acceptors (Lipinski definition) is 4. The Kier molecular flexibility index (Phi) is 4.59. The molecule has 0 unspecified atom stereocenters. The van der Waals surface area contributed by atoms with E-state index in [2.05, 4.69) is 20.9 Å². The fraction of sp³-hybridized carbons (Fsp3) is 0.615. The van der Waals surface area contributed by atoms with Crippen LogP contribution in [0.5, 0.6) is 5.88 Å². The van der Waals surface area contributed by atoms with Crippen LogP contribution in [0.2, 0.25) is 0 Å². The molecule has 1 heterocycles. The van der Waals surface area contributed by atoms with Crippen LogP contribution >= 0.6 is 15.9 Å². The molecule has 0 saturated heterocycles. The average molecular weight is 316 g/mol. The van der Waals surface area contributed by atoms with E-state index in [9.17, 15) is 10.2 Å². The number of nitrogens with zero attached hydrogens (tertiary/aromatic N) is 1. The summed E-state index contributed by atoms with van der Waals surface area (Å²) >= 11 is 3.38. The van der Waals surface area contributed by atoms with Gasteiger partial charge in [0.1, 0.15) is 0 Å². The van der Waals surface area contributed by atoms with E-state index in [1.54, 1.807) is 6.07 Å². The number of halogens is 1. The van der Waals surface area contributed by atoms with Crippen molar-refractivity contribution in [1.82, 2.24) is 4.98 Å². The number of aryl methyl sites for hydroxylation is 1. The van der Waals surface area contributed by atoms with Crippen molar-refractivity contribution in [1.29, 1.82) is 0 Å². The Hall–Kier alpha value is -0.650. The third-order valence-corrected chi connectivity index (χ3v) is 4.23. The first-order valence-corrected chi connectivity index (χ1v) is 6.99. The maximum Gasteiger partial charge on any atom is 0.213 e. The van der Waals surface area contributed by atoms with E-state index in [1.807, 2.05) is 13.0 Å². The Morgan fingerprint density at radius 2 is 2.17 bits per heavy atom. The van der Waals surface area contributed by atoms with Gasteiger partial charge in [-0.3, -0.25) is 0 Å². The van der Waals surface area contributed by atoms with Crippen molar-refractivity contribution in [3.8, 4) is 5.88 Å². The van der Waals surface area contributed by atoms with Crippen LogP contribution in [-0.4, -0.2) is 34.0 Å². The summed E-state index contributed by atoms with van der Waals surface area (Å²) in [6, 6.07) is 3.69.